The van der Waals surface area contributed by atoms with Crippen LogP contribution >= 0.6 is 11.3 Å². The average molecular weight is 318 g/mol. The third kappa shape index (κ3) is 3.13. The van der Waals surface area contributed by atoms with Crippen LogP contribution in [0.1, 0.15) is 19.8 Å². The minimum atomic E-state index is -3.48. The van der Waals surface area contributed by atoms with Crippen LogP contribution in [0.2, 0.25) is 0 Å². The summed E-state index contributed by atoms with van der Waals surface area (Å²) in [6, 6.07) is 1.47. The van der Waals surface area contributed by atoms with E-state index in [-0.39, 0.29) is 16.1 Å². The summed E-state index contributed by atoms with van der Waals surface area (Å²) in [5, 5.41) is 1.61. The normalized spacial score (nSPS) is 18.1. The fourth-order valence-electron chi connectivity index (χ4n) is 2.18. The van der Waals surface area contributed by atoms with Crippen molar-refractivity contribution in [3.63, 3.8) is 0 Å². The molecular weight excluding hydrogens is 300 g/mol. The summed E-state index contributed by atoms with van der Waals surface area (Å²) in [5.41, 5.74) is 6.02. The summed E-state index contributed by atoms with van der Waals surface area (Å²) >= 11 is 1.12. The van der Waals surface area contributed by atoms with Gasteiger partial charge in [-0.05, 0) is 25.8 Å². The Morgan fingerprint density at radius 1 is 1.50 bits per heavy atom. The molecule has 0 amide bonds. The Kier molecular flexibility index (Phi) is 4.66. The second-order valence-corrected chi connectivity index (χ2v) is 7.71. The fourth-order valence-corrected chi connectivity index (χ4v) is 4.89. The number of sulfonamides is 1. The number of esters is 1. The Morgan fingerprint density at radius 2 is 2.15 bits per heavy atom. The van der Waals surface area contributed by atoms with Gasteiger partial charge in [0.1, 0.15) is 4.21 Å². The van der Waals surface area contributed by atoms with E-state index < -0.39 is 10.0 Å². The van der Waals surface area contributed by atoms with Crippen LogP contribution < -0.4 is 5.73 Å². The molecule has 1 aliphatic heterocycles. The summed E-state index contributed by atoms with van der Waals surface area (Å²) in [5.74, 6) is -0.431. The molecule has 0 radical (unpaired) electrons. The number of carbonyl (C=O) groups is 1. The van der Waals surface area contributed by atoms with E-state index in [1.54, 1.807) is 12.3 Å². The number of rotatable bonds is 4. The highest BCUT2D eigenvalue weighted by atomic mass is 32.2. The second kappa shape index (κ2) is 6.11. The van der Waals surface area contributed by atoms with E-state index >= 15 is 0 Å². The average Bonchev–Trinajstić information content (AvgIpc) is 2.86. The van der Waals surface area contributed by atoms with Crippen molar-refractivity contribution < 1.29 is 17.9 Å². The van der Waals surface area contributed by atoms with Crippen molar-refractivity contribution in [2.75, 3.05) is 25.4 Å². The van der Waals surface area contributed by atoms with Crippen molar-refractivity contribution >= 4 is 33.0 Å². The lowest BCUT2D eigenvalue weighted by atomic mass is 9.98. The monoisotopic (exact) mass is 318 g/mol. The number of thiophene rings is 1. The molecule has 20 heavy (non-hydrogen) atoms. The second-order valence-electron chi connectivity index (χ2n) is 4.63. The van der Waals surface area contributed by atoms with E-state index in [1.165, 1.54) is 10.4 Å². The minimum absolute atomic E-state index is 0.199. The molecule has 0 saturated carbocycles. The van der Waals surface area contributed by atoms with Crippen LogP contribution in [-0.4, -0.2) is 38.4 Å². The summed E-state index contributed by atoms with van der Waals surface area (Å²) in [6.45, 7) is 2.79. The van der Waals surface area contributed by atoms with Crippen LogP contribution in [0.5, 0.6) is 0 Å². The molecule has 0 unspecified atom stereocenters. The standard InChI is InChI=1S/C12H18N2O4S2/c1-2-18-12(15)9-3-5-14(6-4-9)20(16,17)11-7-10(13)8-19-11/h7-9H,2-6,13H2,1H3. The number of nitrogens with two attached hydrogens (primary N) is 1. The van der Waals surface area contributed by atoms with Gasteiger partial charge in [0.05, 0.1) is 12.5 Å². The SMILES string of the molecule is CCOC(=O)C1CCN(S(=O)(=O)c2cc(N)cs2)CC1. The molecule has 2 rings (SSSR count). The molecule has 1 aromatic heterocycles. The van der Waals surface area contributed by atoms with Crippen molar-refractivity contribution in [1.82, 2.24) is 4.31 Å². The smallest absolute Gasteiger partial charge is 0.309 e. The number of anilines is 1. The topological polar surface area (TPSA) is 89.7 Å². The van der Waals surface area contributed by atoms with Crippen molar-refractivity contribution in [1.29, 1.82) is 0 Å². The Labute approximate surface area is 122 Å². The molecule has 1 aliphatic rings. The Morgan fingerprint density at radius 3 is 2.65 bits per heavy atom. The molecular formula is C12H18N2O4S2. The highest BCUT2D eigenvalue weighted by Gasteiger charge is 2.33. The number of nitrogen functional groups attached to an aromatic ring is 1. The van der Waals surface area contributed by atoms with Gasteiger partial charge in [-0.15, -0.1) is 11.3 Å². The van der Waals surface area contributed by atoms with Crippen molar-refractivity contribution in [2.24, 2.45) is 5.92 Å². The zero-order valence-corrected chi connectivity index (χ0v) is 12.9. The Hall–Kier alpha value is -1.12. The van der Waals surface area contributed by atoms with Crippen molar-refractivity contribution in [2.45, 2.75) is 24.0 Å². The zero-order valence-electron chi connectivity index (χ0n) is 11.2. The first-order valence-corrected chi connectivity index (χ1v) is 8.78. The molecule has 1 saturated heterocycles. The molecule has 0 spiro atoms. The van der Waals surface area contributed by atoms with Crippen LogP contribution in [0.3, 0.4) is 0 Å². The molecule has 6 nitrogen and oxygen atoms in total. The Balaban J connectivity index is 2.02. The third-order valence-corrected chi connectivity index (χ3v) is 6.60. The lowest BCUT2D eigenvalue weighted by Gasteiger charge is -2.29. The van der Waals surface area contributed by atoms with Crippen molar-refractivity contribution in [3.8, 4) is 0 Å². The van der Waals surface area contributed by atoms with Gasteiger partial charge in [-0.1, -0.05) is 0 Å². The first kappa shape index (κ1) is 15.3. The molecule has 0 aromatic carbocycles. The molecule has 2 N–H and O–H groups in total. The fraction of sp³-hybridized carbons (Fsp3) is 0.583. The number of hydrogen-bond donors (Lipinski definition) is 1. The van der Waals surface area contributed by atoms with Crippen LogP contribution in [0, 0.1) is 5.92 Å². The quantitative estimate of drug-likeness (QED) is 0.845. The van der Waals surface area contributed by atoms with E-state index in [0.29, 0.717) is 38.2 Å². The molecule has 1 fully saturated rings. The van der Waals surface area contributed by atoms with E-state index in [2.05, 4.69) is 0 Å². The number of carbonyl (C=O) groups excluding carboxylic acids is 1. The maximum Gasteiger partial charge on any atom is 0.309 e. The van der Waals surface area contributed by atoms with E-state index in [1.807, 2.05) is 0 Å². The maximum atomic E-state index is 12.4. The molecule has 8 heteroatoms. The predicted molar refractivity (Wildman–Crippen MR) is 76.8 cm³/mol. The van der Waals surface area contributed by atoms with Gasteiger partial charge in [-0.3, -0.25) is 4.79 Å². The molecule has 2 heterocycles. The molecule has 0 bridgehead atoms. The van der Waals surface area contributed by atoms with Crippen LogP contribution in [-0.2, 0) is 19.6 Å². The first-order valence-electron chi connectivity index (χ1n) is 6.46. The number of piperidine rings is 1. The van der Waals surface area contributed by atoms with Gasteiger partial charge in [0.2, 0.25) is 0 Å². The van der Waals surface area contributed by atoms with E-state index in [9.17, 15) is 13.2 Å². The van der Waals surface area contributed by atoms with Gasteiger partial charge in [0.15, 0.2) is 0 Å². The summed E-state index contributed by atoms with van der Waals surface area (Å²) in [6.07, 6.45) is 0.998. The number of nitrogens with zero attached hydrogens (tertiary/aromatic N) is 1. The lowest BCUT2D eigenvalue weighted by molar-refractivity contribution is -0.149. The first-order chi connectivity index (χ1) is 9.45. The maximum absolute atomic E-state index is 12.4. The third-order valence-electron chi connectivity index (χ3n) is 3.26. The molecule has 112 valence electrons. The summed E-state index contributed by atoms with van der Waals surface area (Å²) in [4.78, 5) is 11.6. The Bertz CT molecular complexity index is 574. The van der Waals surface area contributed by atoms with Gasteiger partial charge < -0.3 is 10.5 Å². The highest BCUT2D eigenvalue weighted by molar-refractivity contribution is 7.91. The minimum Gasteiger partial charge on any atom is -0.466 e. The van der Waals surface area contributed by atoms with Crippen LogP contribution in [0.25, 0.3) is 0 Å². The van der Waals surface area contributed by atoms with E-state index in [4.69, 9.17) is 10.5 Å². The molecule has 1 aromatic rings. The number of ether oxygens (including phenoxy) is 1. The van der Waals surface area contributed by atoms with Gasteiger partial charge in [-0.25, -0.2) is 8.42 Å². The number of hydrogen-bond acceptors (Lipinski definition) is 6. The van der Waals surface area contributed by atoms with Gasteiger partial charge in [-0.2, -0.15) is 4.31 Å². The van der Waals surface area contributed by atoms with Gasteiger partial charge in [0.25, 0.3) is 10.0 Å². The van der Waals surface area contributed by atoms with Gasteiger partial charge in [0, 0.05) is 24.2 Å². The van der Waals surface area contributed by atoms with Crippen LogP contribution in [0.15, 0.2) is 15.7 Å². The predicted octanol–water partition coefficient (Wildman–Crippen LogP) is 1.29. The largest absolute Gasteiger partial charge is 0.466 e. The zero-order chi connectivity index (χ0) is 14.8. The highest BCUT2D eigenvalue weighted by Crippen LogP contribution is 2.28. The summed E-state index contributed by atoms with van der Waals surface area (Å²) < 4.78 is 31.4. The summed E-state index contributed by atoms with van der Waals surface area (Å²) in [7, 11) is -3.48. The lowest BCUT2D eigenvalue weighted by Crippen LogP contribution is -2.40. The molecule has 0 aliphatic carbocycles. The van der Waals surface area contributed by atoms with Crippen LogP contribution in [0.4, 0.5) is 5.69 Å². The van der Waals surface area contributed by atoms with Gasteiger partial charge >= 0.3 is 5.97 Å². The molecule has 0 atom stereocenters. The van der Waals surface area contributed by atoms with E-state index in [0.717, 1.165) is 11.3 Å². The van der Waals surface area contributed by atoms with Crippen molar-refractivity contribution in [3.05, 3.63) is 11.4 Å².